The van der Waals surface area contributed by atoms with E-state index in [1.165, 1.54) is 6.20 Å². The van der Waals surface area contributed by atoms with E-state index in [1.807, 2.05) is 51.1 Å². The molecular formula is C26H25F2N5O. The number of carbonyl (C=O) groups excluding carboxylic acids is 1. The zero-order valence-corrected chi connectivity index (χ0v) is 19.2. The lowest BCUT2D eigenvalue weighted by Crippen LogP contribution is -2.27. The highest BCUT2D eigenvalue weighted by Gasteiger charge is 2.36. The van der Waals surface area contributed by atoms with E-state index >= 15 is 0 Å². The monoisotopic (exact) mass is 461 g/mol. The summed E-state index contributed by atoms with van der Waals surface area (Å²) in [7, 11) is 0. The molecular weight excluding hydrogens is 436 g/mol. The molecule has 1 amide bonds. The van der Waals surface area contributed by atoms with Crippen LogP contribution in [0.2, 0.25) is 0 Å². The molecule has 2 aromatic heterocycles. The van der Waals surface area contributed by atoms with Crippen molar-refractivity contribution in [3.05, 3.63) is 101 Å². The number of benzene rings is 2. The Hall–Kier alpha value is -3.94. The van der Waals surface area contributed by atoms with Crippen molar-refractivity contribution in [1.82, 2.24) is 19.7 Å². The Morgan fingerprint density at radius 2 is 1.79 bits per heavy atom. The molecule has 0 fully saturated rings. The minimum Gasteiger partial charge on any atom is -0.364 e. The van der Waals surface area contributed by atoms with E-state index in [0.717, 1.165) is 23.8 Å². The number of amides is 1. The standard InChI is InChI=1S/C26H25F2N5O/c1-26(2,3)21(18-10-7-13-30-22(18)23(29)34)25-31-24(19-14-17(27)11-12-20(19)28)32-33(25)15-16-8-5-4-6-9-16/h4-14,21H,15H2,1-3H3,(H2,29,34)/t21-/m1/s1. The third-order valence-corrected chi connectivity index (χ3v) is 5.55. The predicted octanol–water partition coefficient (Wildman–Crippen LogP) is 4.94. The van der Waals surface area contributed by atoms with Gasteiger partial charge in [0, 0.05) is 6.20 Å². The van der Waals surface area contributed by atoms with Gasteiger partial charge >= 0.3 is 0 Å². The Balaban J connectivity index is 1.96. The van der Waals surface area contributed by atoms with E-state index in [-0.39, 0.29) is 17.1 Å². The molecule has 6 nitrogen and oxygen atoms in total. The van der Waals surface area contributed by atoms with Gasteiger partial charge in [0.25, 0.3) is 5.91 Å². The number of pyridine rings is 1. The first-order chi connectivity index (χ1) is 16.1. The van der Waals surface area contributed by atoms with E-state index in [1.54, 1.807) is 16.8 Å². The highest BCUT2D eigenvalue weighted by molar-refractivity contribution is 5.92. The number of nitrogens with two attached hydrogens (primary N) is 1. The van der Waals surface area contributed by atoms with E-state index in [2.05, 4.69) is 15.1 Å². The molecule has 0 aliphatic carbocycles. The molecule has 4 rings (SSSR count). The van der Waals surface area contributed by atoms with Gasteiger partial charge in [0.1, 0.15) is 23.2 Å². The lowest BCUT2D eigenvalue weighted by molar-refractivity contribution is 0.0993. The lowest BCUT2D eigenvalue weighted by Gasteiger charge is -2.31. The summed E-state index contributed by atoms with van der Waals surface area (Å²) < 4.78 is 30.2. The van der Waals surface area contributed by atoms with Gasteiger partial charge in [-0.2, -0.15) is 5.10 Å². The van der Waals surface area contributed by atoms with Crippen molar-refractivity contribution in [2.75, 3.05) is 0 Å². The van der Waals surface area contributed by atoms with Gasteiger partial charge in [-0.3, -0.25) is 9.78 Å². The summed E-state index contributed by atoms with van der Waals surface area (Å²) in [5, 5.41) is 4.57. The van der Waals surface area contributed by atoms with Crippen LogP contribution in [0.1, 0.15) is 54.1 Å². The minimum atomic E-state index is -0.657. The second-order valence-corrected chi connectivity index (χ2v) is 9.17. The topological polar surface area (TPSA) is 86.7 Å². The van der Waals surface area contributed by atoms with Crippen LogP contribution in [0, 0.1) is 17.0 Å². The average Bonchev–Trinajstić information content (AvgIpc) is 3.18. The number of carbonyl (C=O) groups is 1. The summed E-state index contributed by atoms with van der Waals surface area (Å²) in [5.41, 5.74) is 6.82. The quantitative estimate of drug-likeness (QED) is 0.440. The molecule has 1 atom stereocenters. The van der Waals surface area contributed by atoms with Gasteiger partial charge in [0.15, 0.2) is 5.82 Å². The molecule has 0 spiro atoms. The molecule has 0 aliphatic rings. The highest BCUT2D eigenvalue weighted by atomic mass is 19.1. The molecule has 2 aromatic carbocycles. The molecule has 8 heteroatoms. The second-order valence-electron chi connectivity index (χ2n) is 9.17. The van der Waals surface area contributed by atoms with Crippen molar-refractivity contribution >= 4 is 5.91 Å². The molecule has 34 heavy (non-hydrogen) atoms. The first-order valence-electron chi connectivity index (χ1n) is 10.8. The maximum absolute atomic E-state index is 14.6. The van der Waals surface area contributed by atoms with Crippen molar-refractivity contribution in [3.63, 3.8) is 0 Å². The third-order valence-electron chi connectivity index (χ3n) is 5.55. The molecule has 2 heterocycles. The first-order valence-corrected chi connectivity index (χ1v) is 10.8. The summed E-state index contributed by atoms with van der Waals surface area (Å²) >= 11 is 0. The Kier molecular flexibility index (Phi) is 6.24. The Morgan fingerprint density at radius 1 is 1.06 bits per heavy atom. The number of hydrogen-bond donors (Lipinski definition) is 1. The summed E-state index contributed by atoms with van der Waals surface area (Å²) in [6.07, 6.45) is 1.51. The number of hydrogen-bond acceptors (Lipinski definition) is 4. The molecule has 0 saturated heterocycles. The van der Waals surface area contributed by atoms with Gasteiger partial charge in [-0.05, 0) is 40.8 Å². The fraction of sp³-hybridized carbons (Fsp3) is 0.231. The summed E-state index contributed by atoms with van der Waals surface area (Å²) in [6.45, 7) is 6.34. The number of rotatable bonds is 6. The molecule has 2 N–H and O–H groups in total. The van der Waals surface area contributed by atoms with Crippen LogP contribution in [-0.2, 0) is 6.54 Å². The summed E-state index contributed by atoms with van der Waals surface area (Å²) in [6, 6.07) is 16.3. The van der Waals surface area contributed by atoms with Crippen LogP contribution in [-0.4, -0.2) is 25.7 Å². The second kappa shape index (κ2) is 9.13. The fourth-order valence-corrected chi connectivity index (χ4v) is 4.07. The minimum absolute atomic E-state index is 0.0398. The van der Waals surface area contributed by atoms with Crippen molar-refractivity contribution in [1.29, 1.82) is 0 Å². The van der Waals surface area contributed by atoms with Gasteiger partial charge in [-0.25, -0.2) is 18.4 Å². The highest BCUT2D eigenvalue weighted by Crippen LogP contribution is 2.41. The number of halogens is 2. The molecule has 174 valence electrons. The number of primary amides is 1. The molecule has 0 radical (unpaired) electrons. The first kappa shape index (κ1) is 23.2. The maximum Gasteiger partial charge on any atom is 0.267 e. The number of aromatic nitrogens is 4. The third kappa shape index (κ3) is 4.71. The van der Waals surface area contributed by atoms with Gasteiger partial charge in [-0.1, -0.05) is 57.2 Å². The average molecular weight is 462 g/mol. The van der Waals surface area contributed by atoms with E-state index < -0.39 is 28.9 Å². The van der Waals surface area contributed by atoms with Crippen LogP contribution >= 0.6 is 0 Å². The van der Waals surface area contributed by atoms with Gasteiger partial charge in [-0.15, -0.1) is 0 Å². The van der Waals surface area contributed by atoms with Gasteiger partial charge < -0.3 is 5.73 Å². The zero-order valence-electron chi connectivity index (χ0n) is 19.2. The Labute approximate surface area is 196 Å². The molecule has 4 aromatic rings. The van der Waals surface area contributed by atoms with Crippen LogP contribution in [0.25, 0.3) is 11.4 Å². The largest absolute Gasteiger partial charge is 0.364 e. The van der Waals surface area contributed by atoms with Crippen molar-refractivity contribution in [3.8, 4) is 11.4 Å². The van der Waals surface area contributed by atoms with Crippen LogP contribution in [0.15, 0.2) is 66.9 Å². The van der Waals surface area contributed by atoms with Crippen LogP contribution < -0.4 is 5.73 Å². The Morgan fingerprint density at radius 3 is 2.47 bits per heavy atom. The van der Waals surface area contributed by atoms with Crippen LogP contribution in [0.4, 0.5) is 8.78 Å². The predicted molar refractivity (Wildman–Crippen MR) is 125 cm³/mol. The van der Waals surface area contributed by atoms with Gasteiger partial charge in [0.2, 0.25) is 0 Å². The number of nitrogens with zero attached hydrogens (tertiary/aromatic N) is 4. The van der Waals surface area contributed by atoms with Crippen molar-refractivity contribution < 1.29 is 13.6 Å². The van der Waals surface area contributed by atoms with Crippen molar-refractivity contribution in [2.24, 2.45) is 11.1 Å². The summed E-state index contributed by atoms with van der Waals surface area (Å²) in [4.78, 5) is 21.1. The maximum atomic E-state index is 14.6. The van der Waals surface area contributed by atoms with Gasteiger partial charge in [0.05, 0.1) is 18.0 Å². The van der Waals surface area contributed by atoms with E-state index in [0.29, 0.717) is 17.9 Å². The molecule has 0 aliphatic heterocycles. The smallest absolute Gasteiger partial charge is 0.267 e. The van der Waals surface area contributed by atoms with Crippen molar-refractivity contribution in [2.45, 2.75) is 33.2 Å². The van der Waals surface area contributed by atoms with E-state index in [9.17, 15) is 13.6 Å². The van der Waals surface area contributed by atoms with Crippen LogP contribution in [0.5, 0.6) is 0 Å². The Bertz CT molecular complexity index is 1330. The normalized spacial score (nSPS) is 12.5. The van der Waals surface area contributed by atoms with E-state index in [4.69, 9.17) is 5.73 Å². The summed E-state index contributed by atoms with van der Waals surface area (Å²) in [5.74, 6) is -1.79. The lowest BCUT2D eigenvalue weighted by atomic mass is 9.75. The fourth-order valence-electron chi connectivity index (χ4n) is 4.07. The molecule has 0 saturated carbocycles. The molecule has 0 bridgehead atoms. The van der Waals surface area contributed by atoms with Crippen LogP contribution in [0.3, 0.4) is 0 Å². The molecule has 0 unspecified atom stereocenters. The SMILES string of the molecule is CC(C)(C)[C@H](c1cccnc1C(N)=O)c1nc(-c2cc(F)ccc2F)nn1Cc1ccccc1. The zero-order chi connectivity index (χ0) is 24.5.